The maximum Gasteiger partial charge on any atom is 0.309 e. The van der Waals surface area contributed by atoms with Gasteiger partial charge in [0.2, 0.25) is 15.9 Å². The maximum absolute atomic E-state index is 14.0. The molecule has 0 bridgehead atoms. The molecule has 0 spiro atoms. The number of carboxylic acids is 1. The SMILES string of the molecule is C=C(C)[C@@H]1CC[C@]2(CC(=O)N3CCC[C@H]3C)CC[C@]3(C)[C@H](CC[C@@H]4C5(C)CCC(OC(=O)CC(C)(C)C(=O)O)C(C)(C)[C@@H]5CC[C@]43C)[C@@H]12.CNS(C)(=O)=O. The molecule has 54 heavy (non-hydrogen) atoms. The zero-order valence-corrected chi connectivity index (χ0v) is 36.4. The Bertz CT molecular complexity index is 1590. The zero-order valence-electron chi connectivity index (χ0n) is 35.6. The zero-order chi connectivity index (χ0) is 40.4. The van der Waals surface area contributed by atoms with Crippen molar-refractivity contribution >= 4 is 27.9 Å². The Labute approximate surface area is 327 Å². The molecule has 5 aliphatic carbocycles. The highest BCUT2D eigenvalue weighted by Crippen LogP contribution is 2.78. The molecule has 1 aliphatic heterocycles. The van der Waals surface area contributed by atoms with Crippen LogP contribution in [0.1, 0.15) is 152 Å². The van der Waals surface area contributed by atoms with Gasteiger partial charge in [0.25, 0.3) is 0 Å². The van der Waals surface area contributed by atoms with Gasteiger partial charge in [-0.1, -0.05) is 46.8 Å². The van der Waals surface area contributed by atoms with E-state index in [-0.39, 0.29) is 45.6 Å². The second-order valence-electron chi connectivity index (χ2n) is 21.0. The van der Waals surface area contributed by atoms with Crippen molar-refractivity contribution in [2.24, 2.45) is 62.1 Å². The summed E-state index contributed by atoms with van der Waals surface area (Å²) in [5.41, 5.74) is 0.720. The van der Waals surface area contributed by atoms with E-state index in [1.807, 2.05) is 0 Å². The molecule has 5 saturated carbocycles. The normalized spacial score (nSPS) is 41.2. The molecule has 0 aromatic rings. The van der Waals surface area contributed by atoms with Gasteiger partial charge in [0, 0.05) is 24.4 Å². The highest BCUT2D eigenvalue weighted by molar-refractivity contribution is 7.88. The summed E-state index contributed by atoms with van der Waals surface area (Å²) in [5, 5.41) is 9.59. The van der Waals surface area contributed by atoms with Crippen LogP contribution in [0.15, 0.2) is 12.2 Å². The third-order valence-corrected chi connectivity index (χ3v) is 18.1. The molecule has 1 heterocycles. The summed E-state index contributed by atoms with van der Waals surface area (Å²) in [6.07, 6.45) is 15.3. The van der Waals surface area contributed by atoms with Crippen molar-refractivity contribution in [3.8, 4) is 0 Å². The number of fused-ring (bicyclic) bond motifs is 7. The fourth-order valence-electron chi connectivity index (χ4n) is 14.1. The Kier molecular flexibility index (Phi) is 11.8. The molecule has 9 nitrogen and oxygen atoms in total. The number of allylic oxidation sites excluding steroid dienone is 1. The van der Waals surface area contributed by atoms with Gasteiger partial charge in [0.1, 0.15) is 6.10 Å². The third-order valence-electron chi connectivity index (χ3n) is 17.4. The van der Waals surface area contributed by atoms with Crippen LogP contribution in [-0.4, -0.2) is 68.3 Å². The molecule has 0 aromatic heterocycles. The van der Waals surface area contributed by atoms with Gasteiger partial charge in [-0.15, -0.1) is 0 Å². The van der Waals surface area contributed by atoms with Crippen molar-refractivity contribution < 1.29 is 32.6 Å². The third kappa shape index (κ3) is 7.35. The smallest absolute Gasteiger partial charge is 0.309 e. The number of rotatable bonds is 8. The monoisotopic (exact) mass is 775 g/mol. The molecule has 2 unspecified atom stereocenters. The van der Waals surface area contributed by atoms with E-state index in [9.17, 15) is 27.9 Å². The van der Waals surface area contributed by atoms with Crippen LogP contribution in [0, 0.1) is 62.1 Å². The lowest BCUT2D eigenvalue weighted by atomic mass is 9.32. The van der Waals surface area contributed by atoms with Crippen molar-refractivity contribution in [2.45, 2.75) is 164 Å². The number of hydrogen-bond acceptors (Lipinski definition) is 6. The lowest BCUT2D eigenvalue weighted by Crippen LogP contribution is -2.67. The number of amides is 1. The molecule has 0 aromatic carbocycles. The molecular weight excluding hydrogens is 701 g/mol. The first kappa shape index (κ1) is 43.2. The number of nitrogens with one attached hydrogen (secondary N) is 1. The van der Waals surface area contributed by atoms with E-state index in [0.29, 0.717) is 41.5 Å². The van der Waals surface area contributed by atoms with Gasteiger partial charge in [-0.3, -0.25) is 14.4 Å². The molecule has 11 atom stereocenters. The van der Waals surface area contributed by atoms with Gasteiger partial charge in [-0.25, -0.2) is 13.1 Å². The molecule has 1 amide bonds. The fraction of sp³-hybridized carbons (Fsp3) is 0.886. The number of sulfonamides is 1. The summed E-state index contributed by atoms with van der Waals surface area (Å²) in [4.78, 5) is 41.0. The first-order valence-corrected chi connectivity index (χ1v) is 22.9. The van der Waals surface area contributed by atoms with E-state index in [1.165, 1.54) is 57.6 Å². The molecule has 6 fully saturated rings. The number of carboxylic acid groups (broad SMARTS) is 1. The van der Waals surface area contributed by atoms with E-state index in [4.69, 9.17) is 4.74 Å². The molecule has 6 aliphatic rings. The number of carbonyl (C=O) groups excluding carboxylic acids is 2. The maximum atomic E-state index is 14.0. The summed E-state index contributed by atoms with van der Waals surface area (Å²) in [6, 6.07) is 0.379. The average Bonchev–Trinajstić information content (AvgIpc) is 3.66. The Morgan fingerprint density at radius 3 is 2.11 bits per heavy atom. The molecule has 308 valence electrons. The fourth-order valence-corrected chi connectivity index (χ4v) is 14.1. The van der Waals surface area contributed by atoms with Crippen LogP contribution in [0.25, 0.3) is 0 Å². The van der Waals surface area contributed by atoms with Crippen LogP contribution in [0.5, 0.6) is 0 Å². The highest BCUT2D eigenvalue weighted by Gasteiger charge is 2.71. The average molecular weight is 775 g/mol. The number of hydrogen-bond donors (Lipinski definition) is 2. The number of carbonyl (C=O) groups is 3. The minimum Gasteiger partial charge on any atom is -0.481 e. The van der Waals surface area contributed by atoms with E-state index in [2.05, 4.69) is 64.7 Å². The molecule has 10 heteroatoms. The van der Waals surface area contributed by atoms with Crippen LogP contribution >= 0.6 is 0 Å². The first-order chi connectivity index (χ1) is 24.8. The molecule has 6 rings (SSSR count). The second-order valence-corrected chi connectivity index (χ2v) is 22.9. The lowest BCUT2D eigenvalue weighted by Gasteiger charge is -2.73. The van der Waals surface area contributed by atoms with E-state index >= 15 is 0 Å². The van der Waals surface area contributed by atoms with Gasteiger partial charge in [-0.05, 0) is 163 Å². The summed E-state index contributed by atoms with van der Waals surface area (Å²) in [6.45, 7) is 25.7. The molecular formula is C44H74N2O7S. The number of nitrogens with zero attached hydrogens (tertiary/aromatic N) is 1. The Hall–Kier alpha value is -1.94. The lowest BCUT2D eigenvalue weighted by molar-refractivity contribution is -0.250. The molecule has 2 N–H and O–H groups in total. The van der Waals surface area contributed by atoms with Crippen LogP contribution in [0.4, 0.5) is 0 Å². The first-order valence-electron chi connectivity index (χ1n) is 21.1. The van der Waals surface area contributed by atoms with E-state index < -0.39 is 21.4 Å². The topological polar surface area (TPSA) is 130 Å². The van der Waals surface area contributed by atoms with Crippen LogP contribution in [-0.2, 0) is 29.1 Å². The van der Waals surface area contributed by atoms with Crippen molar-refractivity contribution in [2.75, 3.05) is 19.8 Å². The summed E-state index contributed by atoms with van der Waals surface area (Å²) in [7, 11) is -1.54. The van der Waals surface area contributed by atoms with Crippen molar-refractivity contribution in [1.29, 1.82) is 0 Å². The predicted octanol–water partition coefficient (Wildman–Crippen LogP) is 8.62. The van der Waals surface area contributed by atoms with Gasteiger partial charge in [-0.2, -0.15) is 0 Å². The Morgan fingerprint density at radius 2 is 1.56 bits per heavy atom. The predicted molar refractivity (Wildman–Crippen MR) is 214 cm³/mol. The van der Waals surface area contributed by atoms with Crippen molar-refractivity contribution in [1.82, 2.24) is 9.62 Å². The van der Waals surface area contributed by atoms with Gasteiger partial charge in [0.15, 0.2) is 0 Å². The van der Waals surface area contributed by atoms with E-state index in [1.54, 1.807) is 13.8 Å². The summed E-state index contributed by atoms with van der Waals surface area (Å²) >= 11 is 0. The Balaban J connectivity index is 0.000000864. The number of esters is 1. The van der Waals surface area contributed by atoms with Crippen LogP contribution in [0.2, 0.25) is 0 Å². The standard InChI is InChI=1S/C42H67NO5.C2H7NO2S/c1-26(2)28-15-20-42(24-33(44)43-23-11-12-27(43)3)22-21-40(9)29(35(28)42)13-14-31-39(8)18-17-32(48-34(45)25-37(4,5)36(46)47)38(6,7)30(39)16-19-41(31,40)10;1-3-6(2,4)5/h27-32,35H,1,11-25H2,2-10H3,(H,46,47);3H,1-2H3/t27-,28+,29-,30+,31-,32?,35-,39?,40-,41-,42-;/m1./s1. The summed E-state index contributed by atoms with van der Waals surface area (Å²) in [5.74, 6) is 1.78. The van der Waals surface area contributed by atoms with E-state index in [0.717, 1.165) is 51.3 Å². The van der Waals surface area contributed by atoms with Gasteiger partial charge < -0.3 is 14.7 Å². The number of ether oxygens (including phenoxy) is 1. The van der Waals surface area contributed by atoms with Crippen molar-refractivity contribution in [3.05, 3.63) is 12.2 Å². The minimum atomic E-state index is -2.91. The Morgan fingerprint density at radius 1 is 0.907 bits per heavy atom. The van der Waals surface area contributed by atoms with Crippen molar-refractivity contribution in [3.63, 3.8) is 0 Å². The molecule has 0 radical (unpaired) electrons. The molecule has 1 saturated heterocycles. The quantitative estimate of drug-likeness (QED) is 0.187. The second kappa shape index (κ2) is 14.8. The summed E-state index contributed by atoms with van der Waals surface area (Å²) < 4.78 is 28.0. The minimum absolute atomic E-state index is 0.103. The van der Waals surface area contributed by atoms with Crippen LogP contribution < -0.4 is 4.72 Å². The largest absolute Gasteiger partial charge is 0.481 e. The highest BCUT2D eigenvalue weighted by atomic mass is 32.2. The van der Waals surface area contributed by atoms with Gasteiger partial charge in [0.05, 0.1) is 18.1 Å². The van der Waals surface area contributed by atoms with Gasteiger partial charge >= 0.3 is 11.9 Å². The number of likely N-dealkylation sites (tertiary alicyclic amines) is 1. The van der Waals surface area contributed by atoms with Crippen LogP contribution in [0.3, 0.4) is 0 Å². The number of aliphatic carboxylic acids is 1.